The smallest absolute Gasteiger partial charge is 0.160 e. The van der Waals surface area contributed by atoms with E-state index in [0.29, 0.717) is 5.82 Å². The molecule has 0 bridgehead atoms. The Labute approximate surface area is 333 Å². The molecule has 0 radical (unpaired) electrons. The largest absolute Gasteiger partial charge is 0.456 e. The van der Waals surface area contributed by atoms with Gasteiger partial charge in [0, 0.05) is 50.0 Å². The van der Waals surface area contributed by atoms with Crippen LogP contribution in [-0.4, -0.2) is 14.5 Å². The van der Waals surface area contributed by atoms with Gasteiger partial charge in [0.15, 0.2) is 5.82 Å². The van der Waals surface area contributed by atoms with E-state index in [0.717, 1.165) is 66.8 Å². The predicted molar refractivity (Wildman–Crippen MR) is 240 cm³/mol. The van der Waals surface area contributed by atoms with Crippen LogP contribution >= 0.6 is 0 Å². The molecule has 58 heavy (non-hydrogen) atoms. The second-order valence-electron chi connectivity index (χ2n) is 15.0. The van der Waals surface area contributed by atoms with Crippen molar-refractivity contribution < 1.29 is 4.42 Å². The molecular formula is C54H33N3O. The molecule has 12 aromatic rings. The number of benzene rings is 9. The average Bonchev–Trinajstić information content (AvgIpc) is 3.82. The van der Waals surface area contributed by atoms with Crippen molar-refractivity contribution in [3.05, 3.63) is 200 Å². The van der Waals surface area contributed by atoms with Crippen LogP contribution in [0.15, 0.2) is 205 Å². The fourth-order valence-electron chi connectivity index (χ4n) is 8.77. The van der Waals surface area contributed by atoms with Crippen LogP contribution in [-0.2, 0) is 0 Å². The van der Waals surface area contributed by atoms with Crippen molar-refractivity contribution in [2.45, 2.75) is 0 Å². The molecule has 0 fully saturated rings. The van der Waals surface area contributed by atoms with Crippen LogP contribution in [0, 0.1) is 0 Å². The second-order valence-corrected chi connectivity index (χ2v) is 15.0. The summed E-state index contributed by atoms with van der Waals surface area (Å²) in [6.07, 6.45) is 0. The van der Waals surface area contributed by atoms with E-state index in [9.17, 15) is 0 Å². The Hall–Kier alpha value is -7.82. The third-order valence-corrected chi connectivity index (χ3v) is 11.5. The van der Waals surface area contributed by atoms with E-state index in [2.05, 4.69) is 168 Å². The van der Waals surface area contributed by atoms with Gasteiger partial charge in [-0.2, -0.15) is 0 Å². The Balaban J connectivity index is 1.02. The highest BCUT2D eigenvalue weighted by molar-refractivity contribution is 6.17. The molecule has 0 saturated carbocycles. The molecule has 0 atom stereocenters. The number of furan rings is 1. The first-order valence-corrected chi connectivity index (χ1v) is 19.6. The molecule has 0 amide bonds. The van der Waals surface area contributed by atoms with E-state index in [4.69, 9.17) is 14.4 Å². The Kier molecular flexibility index (Phi) is 7.20. The van der Waals surface area contributed by atoms with Gasteiger partial charge in [0.1, 0.15) is 11.2 Å². The predicted octanol–water partition coefficient (Wildman–Crippen LogP) is 14.4. The number of aromatic nitrogens is 3. The molecule has 270 valence electrons. The maximum Gasteiger partial charge on any atom is 0.160 e. The van der Waals surface area contributed by atoms with Gasteiger partial charge >= 0.3 is 0 Å². The van der Waals surface area contributed by atoms with Crippen molar-refractivity contribution in [3.8, 4) is 50.7 Å². The fraction of sp³-hybridized carbons (Fsp3) is 0. The van der Waals surface area contributed by atoms with Crippen molar-refractivity contribution in [2.75, 3.05) is 0 Å². The Morgan fingerprint density at radius 2 is 0.914 bits per heavy atom. The van der Waals surface area contributed by atoms with Gasteiger partial charge in [-0.1, -0.05) is 140 Å². The molecular weight excluding hydrogens is 707 g/mol. The van der Waals surface area contributed by atoms with Gasteiger partial charge < -0.3 is 8.98 Å². The molecule has 0 N–H and O–H groups in total. The second kappa shape index (κ2) is 12.9. The minimum atomic E-state index is 0.700. The van der Waals surface area contributed by atoms with Crippen LogP contribution in [0.3, 0.4) is 0 Å². The highest BCUT2D eigenvalue weighted by Crippen LogP contribution is 2.41. The summed E-state index contributed by atoms with van der Waals surface area (Å²) in [5.74, 6) is 0.700. The van der Waals surface area contributed by atoms with Crippen molar-refractivity contribution in [2.24, 2.45) is 0 Å². The first-order chi connectivity index (χ1) is 28.7. The maximum absolute atomic E-state index is 6.73. The van der Waals surface area contributed by atoms with Gasteiger partial charge in [-0.15, -0.1) is 0 Å². The Morgan fingerprint density at radius 1 is 0.362 bits per heavy atom. The van der Waals surface area contributed by atoms with E-state index < -0.39 is 0 Å². The zero-order valence-electron chi connectivity index (χ0n) is 31.3. The van der Waals surface area contributed by atoms with Crippen LogP contribution in [0.5, 0.6) is 0 Å². The third-order valence-electron chi connectivity index (χ3n) is 11.5. The zero-order chi connectivity index (χ0) is 38.2. The molecule has 0 saturated heterocycles. The van der Waals surface area contributed by atoms with Gasteiger partial charge in [0.25, 0.3) is 0 Å². The summed E-state index contributed by atoms with van der Waals surface area (Å²) in [4.78, 5) is 10.1. The number of hydrogen-bond acceptors (Lipinski definition) is 3. The first-order valence-electron chi connectivity index (χ1n) is 19.6. The Morgan fingerprint density at radius 3 is 1.59 bits per heavy atom. The standard InChI is InChI=1S/C54H33N3O/c1-3-13-34(14-4-1)47-33-48(56-54(55-47)35-15-5-2-6-16-35)41-22-11-21-40(27-41)43-23-12-24-51-53(43)44-26-25-42(32-52(44)58-51)57-49-30-38-19-9-7-17-36(38)28-45(49)46-29-37-18-8-10-20-39(37)31-50(46)57/h1-33H. The SMILES string of the molecule is c1ccc(-c2cc(-c3cccc(-c4cccc5oc6cc(-n7c8cc9ccccc9cc8c8cc9ccccc9cc87)ccc6c45)c3)nc(-c3ccccc3)n2)cc1. The number of hydrogen-bond donors (Lipinski definition) is 0. The lowest BCUT2D eigenvalue weighted by Crippen LogP contribution is -1.96. The van der Waals surface area contributed by atoms with Crippen LogP contribution in [0.25, 0.3) is 116 Å². The van der Waals surface area contributed by atoms with E-state index in [-0.39, 0.29) is 0 Å². The fourth-order valence-corrected chi connectivity index (χ4v) is 8.77. The molecule has 0 spiro atoms. The topological polar surface area (TPSA) is 43.9 Å². The number of rotatable bonds is 5. The lowest BCUT2D eigenvalue weighted by Gasteiger charge is -2.11. The van der Waals surface area contributed by atoms with Gasteiger partial charge in [0.2, 0.25) is 0 Å². The van der Waals surface area contributed by atoms with Crippen LogP contribution < -0.4 is 0 Å². The third kappa shape index (κ3) is 5.23. The van der Waals surface area contributed by atoms with Crippen molar-refractivity contribution in [3.63, 3.8) is 0 Å². The summed E-state index contributed by atoms with van der Waals surface area (Å²) in [5.41, 5.74) is 12.1. The number of fused-ring (bicyclic) bond motifs is 8. The van der Waals surface area contributed by atoms with Gasteiger partial charge in [0.05, 0.1) is 22.4 Å². The summed E-state index contributed by atoms with van der Waals surface area (Å²) in [5, 5.41) is 9.56. The molecule has 12 rings (SSSR count). The number of nitrogens with zero attached hydrogens (tertiary/aromatic N) is 3. The molecule has 3 heterocycles. The van der Waals surface area contributed by atoms with Crippen LogP contribution in [0.2, 0.25) is 0 Å². The maximum atomic E-state index is 6.73. The van der Waals surface area contributed by atoms with Crippen molar-refractivity contribution in [1.82, 2.24) is 14.5 Å². The Bertz CT molecular complexity index is 3410. The van der Waals surface area contributed by atoms with Crippen molar-refractivity contribution in [1.29, 1.82) is 0 Å². The minimum Gasteiger partial charge on any atom is -0.456 e. The van der Waals surface area contributed by atoms with Gasteiger partial charge in [-0.05, 0) is 87.3 Å². The molecule has 0 aliphatic rings. The quantitative estimate of drug-likeness (QED) is 0.177. The normalized spacial score (nSPS) is 11.8. The zero-order valence-corrected chi connectivity index (χ0v) is 31.3. The van der Waals surface area contributed by atoms with Gasteiger partial charge in [-0.3, -0.25) is 0 Å². The monoisotopic (exact) mass is 739 g/mol. The van der Waals surface area contributed by atoms with Crippen LogP contribution in [0.1, 0.15) is 0 Å². The molecule has 9 aromatic carbocycles. The molecule has 3 aromatic heterocycles. The van der Waals surface area contributed by atoms with E-state index in [1.807, 2.05) is 36.4 Å². The summed E-state index contributed by atoms with van der Waals surface area (Å²) in [6, 6.07) is 70.9. The molecule has 4 heteroatoms. The highest BCUT2D eigenvalue weighted by Gasteiger charge is 2.19. The summed E-state index contributed by atoms with van der Waals surface area (Å²) in [7, 11) is 0. The van der Waals surface area contributed by atoms with E-state index in [1.165, 1.54) is 43.4 Å². The molecule has 0 unspecified atom stereocenters. The van der Waals surface area contributed by atoms with Crippen LogP contribution in [0.4, 0.5) is 0 Å². The molecule has 0 aliphatic heterocycles. The van der Waals surface area contributed by atoms with E-state index >= 15 is 0 Å². The van der Waals surface area contributed by atoms with Crippen molar-refractivity contribution >= 4 is 65.3 Å². The van der Waals surface area contributed by atoms with Gasteiger partial charge in [-0.25, -0.2) is 9.97 Å². The summed E-state index contributed by atoms with van der Waals surface area (Å²) in [6.45, 7) is 0. The van der Waals surface area contributed by atoms with E-state index in [1.54, 1.807) is 0 Å². The summed E-state index contributed by atoms with van der Waals surface area (Å²) >= 11 is 0. The molecule has 0 aliphatic carbocycles. The minimum absolute atomic E-state index is 0.700. The lowest BCUT2D eigenvalue weighted by atomic mass is 9.96. The first kappa shape index (κ1) is 32.4. The molecule has 4 nitrogen and oxygen atoms in total. The highest BCUT2D eigenvalue weighted by atomic mass is 16.3. The average molecular weight is 740 g/mol. The summed E-state index contributed by atoms with van der Waals surface area (Å²) < 4.78 is 9.13. The lowest BCUT2D eigenvalue weighted by molar-refractivity contribution is 0.668.